The van der Waals surface area contributed by atoms with E-state index in [4.69, 9.17) is 9.84 Å². The molecule has 0 aromatic carbocycles. The molecule has 1 aromatic heterocycles. The van der Waals surface area contributed by atoms with Crippen LogP contribution in [0.3, 0.4) is 0 Å². The lowest BCUT2D eigenvalue weighted by molar-refractivity contribution is -0.0235. The van der Waals surface area contributed by atoms with Crippen molar-refractivity contribution in [3.05, 3.63) is 37.6 Å². The van der Waals surface area contributed by atoms with Gasteiger partial charge in [-0.15, -0.1) is 0 Å². The molecule has 104 valence electrons. The van der Waals surface area contributed by atoms with Crippen molar-refractivity contribution in [1.29, 1.82) is 0 Å². The Hall–Kier alpha value is -0.700. The monoisotopic (exact) mass is 394 g/mol. The largest absolute Gasteiger partial charge is 0.394 e. The smallest absolute Gasteiger partial charge is 0.330 e. The van der Waals surface area contributed by atoms with Gasteiger partial charge in [-0.05, 0) is 11.1 Å². The predicted molar refractivity (Wildman–Crippen MR) is 77.6 cm³/mol. The van der Waals surface area contributed by atoms with Gasteiger partial charge >= 0.3 is 5.69 Å². The third kappa shape index (κ3) is 3.07. The van der Waals surface area contributed by atoms with Gasteiger partial charge in [-0.25, -0.2) is 4.79 Å². The number of hydrogen-bond donors (Lipinski definition) is 2. The van der Waals surface area contributed by atoms with Crippen molar-refractivity contribution in [2.24, 2.45) is 0 Å². The maximum atomic E-state index is 11.8. The summed E-state index contributed by atoms with van der Waals surface area (Å²) in [5, 5.41) is 9.14. The minimum Gasteiger partial charge on any atom is -0.394 e. The summed E-state index contributed by atoms with van der Waals surface area (Å²) in [6, 6.07) is 0. The lowest BCUT2D eigenvalue weighted by atomic mass is 10.2. The zero-order valence-electron chi connectivity index (χ0n) is 9.75. The van der Waals surface area contributed by atoms with Crippen molar-refractivity contribution < 1.29 is 9.84 Å². The Morgan fingerprint density at radius 3 is 2.89 bits per heavy atom. The number of rotatable bonds is 3. The minimum atomic E-state index is -0.528. The van der Waals surface area contributed by atoms with Crippen LogP contribution in [-0.4, -0.2) is 32.2 Å². The van der Waals surface area contributed by atoms with Crippen molar-refractivity contribution in [3.8, 4) is 0 Å². The molecule has 0 aliphatic carbocycles. The molecule has 6 nitrogen and oxygen atoms in total. The molecule has 2 rings (SSSR count). The van der Waals surface area contributed by atoms with E-state index in [0.29, 0.717) is 12.0 Å². The molecule has 19 heavy (non-hydrogen) atoms. The SMILES string of the molecule is O=c1[nH]c(=O)n([C@H]2C[C@H](Br)[C@@H](CO)O2)cc1/C=C/Br. The van der Waals surface area contributed by atoms with E-state index < -0.39 is 17.5 Å². The van der Waals surface area contributed by atoms with Crippen molar-refractivity contribution >= 4 is 37.9 Å². The van der Waals surface area contributed by atoms with Crippen LogP contribution in [0, 0.1) is 0 Å². The number of aliphatic hydroxyl groups excluding tert-OH is 1. The summed E-state index contributed by atoms with van der Waals surface area (Å²) in [5.41, 5.74) is -0.636. The molecule has 0 spiro atoms. The molecule has 0 radical (unpaired) electrons. The second-order valence-electron chi connectivity index (χ2n) is 4.11. The van der Waals surface area contributed by atoms with Gasteiger partial charge in [-0.3, -0.25) is 14.3 Å². The Balaban J connectivity index is 2.38. The van der Waals surface area contributed by atoms with Crippen LogP contribution in [-0.2, 0) is 4.74 Å². The summed E-state index contributed by atoms with van der Waals surface area (Å²) >= 11 is 6.48. The molecule has 1 fully saturated rings. The number of nitrogens with zero attached hydrogens (tertiary/aromatic N) is 1. The lowest BCUT2D eigenvalue weighted by Gasteiger charge is -2.14. The number of nitrogens with one attached hydrogen (secondary N) is 1. The van der Waals surface area contributed by atoms with Gasteiger partial charge in [-0.1, -0.05) is 31.9 Å². The highest BCUT2D eigenvalue weighted by Crippen LogP contribution is 2.32. The van der Waals surface area contributed by atoms with Crippen LogP contribution in [0.15, 0.2) is 20.8 Å². The van der Waals surface area contributed by atoms with Crippen LogP contribution in [0.2, 0.25) is 0 Å². The summed E-state index contributed by atoms with van der Waals surface area (Å²) in [4.78, 5) is 27.1. The van der Waals surface area contributed by atoms with Crippen molar-refractivity contribution in [2.45, 2.75) is 23.6 Å². The quantitative estimate of drug-likeness (QED) is 0.746. The fourth-order valence-corrected chi connectivity index (χ4v) is 2.82. The van der Waals surface area contributed by atoms with E-state index in [1.54, 1.807) is 6.08 Å². The highest BCUT2D eigenvalue weighted by molar-refractivity contribution is 9.11. The van der Waals surface area contributed by atoms with E-state index in [2.05, 4.69) is 36.8 Å². The zero-order chi connectivity index (χ0) is 14.0. The molecular formula is C11H12Br2N2O4. The number of halogens is 2. The fraction of sp³-hybridized carbons (Fsp3) is 0.455. The van der Waals surface area contributed by atoms with Gasteiger partial charge in [0.25, 0.3) is 5.56 Å². The zero-order valence-corrected chi connectivity index (χ0v) is 12.9. The van der Waals surface area contributed by atoms with Gasteiger partial charge in [0.1, 0.15) is 6.23 Å². The third-order valence-corrected chi connectivity index (χ3v) is 4.12. The van der Waals surface area contributed by atoms with Crippen LogP contribution in [0.1, 0.15) is 18.2 Å². The highest BCUT2D eigenvalue weighted by atomic mass is 79.9. The Morgan fingerprint density at radius 2 is 2.32 bits per heavy atom. The first-order valence-electron chi connectivity index (χ1n) is 5.59. The molecular weight excluding hydrogens is 384 g/mol. The van der Waals surface area contributed by atoms with Crippen molar-refractivity contribution in [1.82, 2.24) is 9.55 Å². The molecule has 1 saturated heterocycles. The summed E-state index contributed by atoms with van der Waals surface area (Å²) in [6.45, 7) is -0.126. The van der Waals surface area contributed by atoms with Crippen molar-refractivity contribution in [2.75, 3.05) is 6.61 Å². The highest BCUT2D eigenvalue weighted by Gasteiger charge is 2.34. The van der Waals surface area contributed by atoms with E-state index in [1.807, 2.05) is 0 Å². The molecule has 1 aromatic rings. The molecule has 1 aliphatic heterocycles. The number of hydrogen-bond acceptors (Lipinski definition) is 4. The first-order valence-corrected chi connectivity index (χ1v) is 7.42. The molecule has 0 bridgehead atoms. The van der Waals surface area contributed by atoms with Gasteiger partial charge < -0.3 is 9.84 Å². The number of aliphatic hydroxyl groups is 1. The van der Waals surface area contributed by atoms with E-state index in [1.165, 1.54) is 15.7 Å². The molecule has 0 unspecified atom stereocenters. The first kappa shape index (κ1) is 14.7. The minimum absolute atomic E-state index is 0.0310. The van der Waals surface area contributed by atoms with Gasteiger partial charge in [0, 0.05) is 17.4 Å². The molecule has 2 N–H and O–H groups in total. The molecule has 0 saturated carbocycles. The normalized spacial score (nSPS) is 27.2. The van der Waals surface area contributed by atoms with Gasteiger partial charge in [0.2, 0.25) is 0 Å². The topological polar surface area (TPSA) is 84.3 Å². The van der Waals surface area contributed by atoms with Crippen molar-refractivity contribution in [3.63, 3.8) is 0 Å². The second-order valence-corrected chi connectivity index (χ2v) is 5.81. The Bertz CT molecular complexity index is 595. The standard InChI is InChI=1S/C11H12Br2N2O4/c12-2-1-6-4-15(11(18)14-10(6)17)9-3-7(13)8(5-16)19-9/h1-2,4,7-9,16H,3,5H2,(H,14,17,18)/b2-1+/t7-,8+,9+/m0/s1. The summed E-state index contributed by atoms with van der Waals surface area (Å²) < 4.78 is 6.90. The number of ether oxygens (including phenoxy) is 1. The average Bonchev–Trinajstić information content (AvgIpc) is 2.74. The van der Waals surface area contributed by atoms with E-state index >= 15 is 0 Å². The van der Waals surface area contributed by atoms with Crippen LogP contribution in [0.4, 0.5) is 0 Å². The molecule has 8 heteroatoms. The van der Waals surface area contributed by atoms with E-state index in [9.17, 15) is 9.59 Å². The van der Waals surface area contributed by atoms with E-state index in [-0.39, 0.29) is 17.5 Å². The van der Waals surface area contributed by atoms with Crippen LogP contribution >= 0.6 is 31.9 Å². The maximum absolute atomic E-state index is 11.8. The summed E-state index contributed by atoms with van der Waals surface area (Å²) in [6.07, 6.45) is 2.66. The second kappa shape index (κ2) is 6.17. The average molecular weight is 396 g/mol. The number of alkyl halides is 1. The van der Waals surface area contributed by atoms with Crippen LogP contribution in [0.25, 0.3) is 6.08 Å². The Morgan fingerprint density at radius 1 is 1.58 bits per heavy atom. The van der Waals surface area contributed by atoms with Gasteiger partial charge in [0.05, 0.1) is 18.3 Å². The lowest BCUT2D eigenvalue weighted by Crippen LogP contribution is -2.33. The van der Waals surface area contributed by atoms with Gasteiger partial charge in [0.15, 0.2) is 0 Å². The summed E-state index contributed by atoms with van der Waals surface area (Å²) in [5.74, 6) is 0. The first-order chi connectivity index (χ1) is 9.06. The molecule has 1 aliphatic rings. The number of H-pyrrole nitrogens is 1. The third-order valence-electron chi connectivity index (χ3n) is 2.89. The molecule has 0 amide bonds. The predicted octanol–water partition coefficient (Wildman–Crippen LogP) is 0.945. The maximum Gasteiger partial charge on any atom is 0.330 e. The van der Waals surface area contributed by atoms with E-state index in [0.717, 1.165) is 0 Å². The van der Waals surface area contributed by atoms with Gasteiger partial charge in [-0.2, -0.15) is 0 Å². The number of aromatic nitrogens is 2. The van der Waals surface area contributed by atoms with Crippen LogP contribution in [0.5, 0.6) is 0 Å². The molecule has 3 atom stereocenters. The summed E-state index contributed by atoms with van der Waals surface area (Å²) in [7, 11) is 0. The Kier molecular flexibility index (Phi) is 4.77. The molecule has 2 heterocycles. The fourth-order valence-electron chi connectivity index (χ4n) is 1.92. The Labute approximate surface area is 125 Å². The number of aromatic amines is 1. The van der Waals surface area contributed by atoms with Crippen LogP contribution < -0.4 is 11.2 Å².